The van der Waals surface area contributed by atoms with Crippen molar-refractivity contribution in [3.8, 4) is 0 Å². The number of nitrogens with one attached hydrogen (secondary N) is 1. The first kappa shape index (κ1) is 13.9. The van der Waals surface area contributed by atoms with Gasteiger partial charge in [0.25, 0.3) is 5.91 Å². The first-order valence-corrected chi connectivity index (χ1v) is 7.70. The van der Waals surface area contributed by atoms with Crippen molar-refractivity contribution in [2.45, 2.75) is 32.1 Å². The highest BCUT2D eigenvalue weighted by molar-refractivity contribution is 5.92. The van der Waals surface area contributed by atoms with Gasteiger partial charge in [-0.3, -0.25) is 9.89 Å². The van der Waals surface area contributed by atoms with Crippen molar-refractivity contribution < 1.29 is 4.79 Å². The minimum atomic E-state index is 0.0625. The lowest BCUT2D eigenvalue weighted by Gasteiger charge is -2.18. The fourth-order valence-corrected chi connectivity index (χ4v) is 2.81. The number of carbonyl (C=O) groups excluding carboxylic acids is 1. The molecule has 4 heteroatoms. The zero-order valence-electron chi connectivity index (χ0n) is 12.2. The van der Waals surface area contributed by atoms with E-state index in [0.29, 0.717) is 5.69 Å². The fraction of sp³-hybridized carbons (Fsp3) is 0.412. The summed E-state index contributed by atoms with van der Waals surface area (Å²) >= 11 is 0. The van der Waals surface area contributed by atoms with Crippen LogP contribution < -0.4 is 0 Å². The van der Waals surface area contributed by atoms with Crippen molar-refractivity contribution in [3.05, 3.63) is 53.3 Å². The molecular formula is C17H21N3O. The molecule has 0 atom stereocenters. The molecule has 1 aromatic carbocycles. The molecule has 1 N–H and O–H groups in total. The zero-order chi connectivity index (χ0) is 14.5. The Morgan fingerprint density at radius 2 is 1.81 bits per heavy atom. The summed E-state index contributed by atoms with van der Waals surface area (Å²) in [7, 11) is 0. The van der Waals surface area contributed by atoms with Crippen LogP contribution in [-0.2, 0) is 6.42 Å². The number of aromatic nitrogens is 2. The normalized spacial score (nSPS) is 15.7. The SMILES string of the molecule is O=C(c1cc(Cc2ccccc2)[nH]n1)N1CCCCCC1. The van der Waals surface area contributed by atoms with E-state index in [0.717, 1.165) is 38.0 Å². The molecule has 110 valence electrons. The van der Waals surface area contributed by atoms with Gasteiger partial charge >= 0.3 is 0 Å². The molecule has 4 nitrogen and oxygen atoms in total. The Morgan fingerprint density at radius 1 is 1.10 bits per heavy atom. The van der Waals surface area contributed by atoms with Crippen molar-refractivity contribution in [1.29, 1.82) is 0 Å². The van der Waals surface area contributed by atoms with Crippen LogP contribution in [0.15, 0.2) is 36.4 Å². The predicted octanol–water partition coefficient (Wildman–Crippen LogP) is 3.02. The summed E-state index contributed by atoms with van der Waals surface area (Å²) in [5.41, 5.74) is 2.75. The summed E-state index contributed by atoms with van der Waals surface area (Å²) in [5, 5.41) is 7.19. The van der Waals surface area contributed by atoms with Crippen LogP contribution in [-0.4, -0.2) is 34.1 Å². The first-order valence-electron chi connectivity index (χ1n) is 7.70. The molecule has 0 saturated carbocycles. The van der Waals surface area contributed by atoms with Gasteiger partial charge in [0, 0.05) is 25.2 Å². The van der Waals surface area contributed by atoms with Crippen LogP contribution in [0.4, 0.5) is 0 Å². The first-order chi connectivity index (χ1) is 10.3. The van der Waals surface area contributed by atoms with Gasteiger partial charge in [0.05, 0.1) is 0 Å². The Balaban J connectivity index is 1.67. The van der Waals surface area contributed by atoms with E-state index in [-0.39, 0.29) is 5.91 Å². The molecule has 0 bridgehead atoms. The van der Waals surface area contributed by atoms with Crippen molar-refractivity contribution in [1.82, 2.24) is 15.1 Å². The second-order valence-electron chi connectivity index (χ2n) is 5.65. The van der Waals surface area contributed by atoms with Crippen LogP contribution in [0.3, 0.4) is 0 Å². The Morgan fingerprint density at radius 3 is 2.52 bits per heavy atom. The summed E-state index contributed by atoms with van der Waals surface area (Å²) in [4.78, 5) is 14.4. The van der Waals surface area contributed by atoms with Gasteiger partial charge in [0.1, 0.15) is 5.69 Å². The maximum atomic E-state index is 12.5. The number of nitrogens with zero attached hydrogens (tertiary/aromatic N) is 2. The van der Waals surface area contributed by atoms with Crippen LogP contribution in [0.2, 0.25) is 0 Å². The second-order valence-corrected chi connectivity index (χ2v) is 5.65. The average Bonchev–Trinajstić information content (AvgIpc) is 2.81. The topological polar surface area (TPSA) is 49.0 Å². The molecule has 0 radical (unpaired) electrons. The molecule has 1 aliphatic rings. The average molecular weight is 283 g/mol. The van der Waals surface area contributed by atoms with E-state index >= 15 is 0 Å². The van der Waals surface area contributed by atoms with E-state index in [9.17, 15) is 4.79 Å². The van der Waals surface area contributed by atoms with Crippen LogP contribution in [0.5, 0.6) is 0 Å². The highest BCUT2D eigenvalue weighted by Crippen LogP contribution is 2.14. The quantitative estimate of drug-likeness (QED) is 0.941. The largest absolute Gasteiger partial charge is 0.337 e. The van der Waals surface area contributed by atoms with Gasteiger partial charge in [-0.05, 0) is 24.5 Å². The minimum absolute atomic E-state index is 0.0625. The number of likely N-dealkylation sites (tertiary alicyclic amines) is 1. The Bertz CT molecular complexity index is 583. The summed E-state index contributed by atoms with van der Waals surface area (Å²) < 4.78 is 0. The molecule has 1 saturated heterocycles. The number of carbonyl (C=O) groups is 1. The third-order valence-electron chi connectivity index (χ3n) is 3.98. The number of rotatable bonds is 3. The molecule has 1 fully saturated rings. The van der Waals surface area contributed by atoms with Gasteiger partial charge in [-0.15, -0.1) is 0 Å². The zero-order valence-corrected chi connectivity index (χ0v) is 12.2. The summed E-state index contributed by atoms with van der Waals surface area (Å²) in [6, 6.07) is 12.1. The van der Waals surface area contributed by atoms with E-state index in [4.69, 9.17) is 0 Å². The smallest absolute Gasteiger partial charge is 0.274 e. The summed E-state index contributed by atoms with van der Waals surface area (Å²) in [6.07, 6.45) is 5.44. The van der Waals surface area contributed by atoms with Crippen LogP contribution in [0.1, 0.15) is 47.4 Å². The number of H-pyrrole nitrogens is 1. The maximum Gasteiger partial charge on any atom is 0.274 e. The highest BCUT2D eigenvalue weighted by Gasteiger charge is 2.19. The lowest BCUT2D eigenvalue weighted by Crippen LogP contribution is -2.32. The third kappa shape index (κ3) is 3.51. The third-order valence-corrected chi connectivity index (χ3v) is 3.98. The van der Waals surface area contributed by atoms with Crippen LogP contribution in [0, 0.1) is 0 Å². The van der Waals surface area contributed by atoms with Gasteiger partial charge in [-0.1, -0.05) is 43.2 Å². The number of benzene rings is 1. The maximum absolute atomic E-state index is 12.5. The Kier molecular flexibility index (Phi) is 4.34. The van der Waals surface area contributed by atoms with E-state index in [2.05, 4.69) is 22.3 Å². The molecule has 3 rings (SSSR count). The van der Waals surface area contributed by atoms with Gasteiger partial charge in [-0.2, -0.15) is 5.10 Å². The van der Waals surface area contributed by atoms with Crippen molar-refractivity contribution >= 4 is 5.91 Å². The van der Waals surface area contributed by atoms with Crippen molar-refractivity contribution in [3.63, 3.8) is 0 Å². The molecular weight excluding hydrogens is 262 g/mol. The number of hydrogen-bond donors (Lipinski definition) is 1. The molecule has 0 aliphatic carbocycles. The molecule has 2 heterocycles. The van der Waals surface area contributed by atoms with Crippen molar-refractivity contribution in [2.24, 2.45) is 0 Å². The molecule has 1 aliphatic heterocycles. The van der Waals surface area contributed by atoms with Crippen molar-refractivity contribution in [2.75, 3.05) is 13.1 Å². The van der Waals surface area contributed by atoms with E-state index < -0.39 is 0 Å². The molecule has 1 aromatic heterocycles. The summed E-state index contributed by atoms with van der Waals surface area (Å²) in [5.74, 6) is 0.0625. The Labute approximate surface area is 125 Å². The monoisotopic (exact) mass is 283 g/mol. The molecule has 2 aromatic rings. The number of amides is 1. The van der Waals surface area contributed by atoms with Gasteiger partial charge < -0.3 is 4.90 Å². The van der Waals surface area contributed by atoms with E-state index in [1.807, 2.05) is 29.2 Å². The number of hydrogen-bond acceptors (Lipinski definition) is 2. The predicted molar refractivity (Wildman–Crippen MR) is 82.2 cm³/mol. The highest BCUT2D eigenvalue weighted by atomic mass is 16.2. The lowest BCUT2D eigenvalue weighted by atomic mass is 10.1. The summed E-state index contributed by atoms with van der Waals surface area (Å²) in [6.45, 7) is 1.72. The van der Waals surface area contributed by atoms with Gasteiger partial charge in [0.2, 0.25) is 0 Å². The van der Waals surface area contributed by atoms with E-state index in [1.165, 1.54) is 18.4 Å². The van der Waals surface area contributed by atoms with Gasteiger partial charge in [0.15, 0.2) is 0 Å². The fourth-order valence-electron chi connectivity index (χ4n) is 2.81. The van der Waals surface area contributed by atoms with Crippen LogP contribution in [0.25, 0.3) is 0 Å². The second kappa shape index (κ2) is 6.57. The molecule has 0 spiro atoms. The Hall–Kier alpha value is -2.10. The molecule has 0 unspecified atom stereocenters. The standard InChI is InChI=1S/C17H21N3O/c21-17(20-10-6-1-2-7-11-20)16-13-15(18-19-16)12-14-8-4-3-5-9-14/h3-5,8-9,13H,1-2,6-7,10-12H2,(H,18,19). The van der Waals surface area contributed by atoms with Crippen LogP contribution >= 0.6 is 0 Å². The number of aromatic amines is 1. The molecule has 1 amide bonds. The van der Waals surface area contributed by atoms with Gasteiger partial charge in [-0.25, -0.2) is 0 Å². The molecule has 21 heavy (non-hydrogen) atoms. The lowest BCUT2D eigenvalue weighted by molar-refractivity contribution is 0.0755. The van der Waals surface area contributed by atoms with E-state index in [1.54, 1.807) is 0 Å². The minimum Gasteiger partial charge on any atom is -0.337 e.